The van der Waals surface area contributed by atoms with Gasteiger partial charge in [-0.1, -0.05) is 86.5 Å². The maximum atomic E-state index is 10.2. The van der Waals surface area contributed by atoms with E-state index in [2.05, 4.69) is 41.5 Å². The van der Waals surface area contributed by atoms with Crippen LogP contribution < -0.4 is 0 Å². The van der Waals surface area contributed by atoms with Crippen molar-refractivity contribution in [2.24, 2.45) is 10.8 Å². The fraction of sp³-hybridized carbons (Fsp3) is 0.778. The number of benzene rings is 1. The highest BCUT2D eigenvalue weighted by molar-refractivity contribution is 5.45. The molecule has 0 aromatic heterocycles. The van der Waals surface area contributed by atoms with Crippen LogP contribution in [0.15, 0.2) is 12.1 Å². The Morgan fingerprint density at radius 1 is 0.621 bits per heavy atom. The lowest BCUT2D eigenvalue weighted by Gasteiger charge is -2.22. The lowest BCUT2D eigenvalue weighted by Crippen LogP contribution is -2.08. The summed E-state index contributed by atoms with van der Waals surface area (Å²) in [6.07, 6.45) is 15.4. The average molecular weight is 405 g/mol. The Hall–Kier alpha value is -1.18. The summed E-state index contributed by atoms with van der Waals surface area (Å²) in [6.45, 7) is 13.9. The number of rotatable bonds is 14. The molecule has 0 amide bonds. The van der Waals surface area contributed by atoms with E-state index < -0.39 is 0 Å². The number of hydrogen-bond acceptors (Lipinski definition) is 2. The van der Waals surface area contributed by atoms with Gasteiger partial charge >= 0.3 is 0 Å². The fourth-order valence-electron chi connectivity index (χ4n) is 3.85. The maximum absolute atomic E-state index is 10.2. The van der Waals surface area contributed by atoms with Gasteiger partial charge in [0.2, 0.25) is 0 Å². The molecule has 0 aliphatic rings. The first-order valence-corrected chi connectivity index (χ1v) is 12.1. The van der Waals surface area contributed by atoms with Crippen LogP contribution in [-0.2, 0) is 12.8 Å². The van der Waals surface area contributed by atoms with E-state index in [1.165, 1.54) is 57.8 Å². The van der Waals surface area contributed by atoms with Crippen molar-refractivity contribution in [1.82, 2.24) is 0 Å². The van der Waals surface area contributed by atoms with Crippen LogP contribution in [0.25, 0.3) is 0 Å². The first-order valence-electron chi connectivity index (χ1n) is 12.1. The van der Waals surface area contributed by atoms with Gasteiger partial charge in [-0.3, -0.25) is 0 Å². The van der Waals surface area contributed by atoms with Gasteiger partial charge in [-0.25, -0.2) is 0 Å². The van der Waals surface area contributed by atoms with E-state index in [0.717, 1.165) is 36.8 Å². The lowest BCUT2D eigenvalue weighted by molar-refractivity contribution is 0.307. The minimum Gasteiger partial charge on any atom is -0.508 e. The smallest absolute Gasteiger partial charge is 0.122 e. The SMILES string of the molecule is CCC(C)(C)CCCCCCc1cc(CCCCCCC(C)(C)C)c(O)cc1O. The van der Waals surface area contributed by atoms with Gasteiger partial charge in [-0.05, 0) is 66.5 Å². The molecule has 1 aromatic carbocycles. The van der Waals surface area contributed by atoms with Gasteiger partial charge in [0.05, 0.1) is 0 Å². The fourth-order valence-corrected chi connectivity index (χ4v) is 3.85. The Morgan fingerprint density at radius 3 is 1.52 bits per heavy atom. The van der Waals surface area contributed by atoms with E-state index in [9.17, 15) is 10.2 Å². The molecule has 0 bridgehead atoms. The summed E-state index contributed by atoms with van der Waals surface area (Å²) in [5.41, 5.74) is 2.89. The van der Waals surface area contributed by atoms with Gasteiger partial charge in [-0.15, -0.1) is 0 Å². The topological polar surface area (TPSA) is 40.5 Å². The summed E-state index contributed by atoms with van der Waals surface area (Å²) in [5.74, 6) is 0.506. The number of phenolic OH excluding ortho intramolecular Hbond substituents is 2. The molecule has 0 heterocycles. The van der Waals surface area contributed by atoms with Crippen molar-refractivity contribution in [3.8, 4) is 11.5 Å². The molecule has 0 saturated carbocycles. The number of aromatic hydroxyl groups is 2. The molecule has 0 aliphatic carbocycles. The summed E-state index contributed by atoms with van der Waals surface area (Å²) in [5, 5.41) is 20.4. The van der Waals surface area contributed by atoms with E-state index in [-0.39, 0.29) is 11.5 Å². The monoisotopic (exact) mass is 404 g/mol. The Labute approximate surface area is 181 Å². The zero-order valence-electron chi connectivity index (χ0n) is 20.2. The van der Waals surface area contributed by atoms with Crippen LogP contribution in [0, 0.1) is 10.8 Å². The van der Waals surface area contributed by atoms with Crippen LogP contribution in [0.4, 0.5) is 0 Å². The zero-order valence-corrected chi connectivity index (χ0v) is 20.2. The maximum Gasteiger partial charge on any atom is 0.122 e. The molecule has 0 saturated heterocycles. The zero-order chi connectivity index (χ0) is 21.9. The molecule has 2 heteroatoms. The summed E-state index contributed by atoms with van der Waals surface area (Å²) >= 11 is 0. The predicted molar refractivity (Wildman–Crippen MR) is 127 cm³/mol. The van der Waals surface area contributed by atoms with Crippen LogP contribution in [-0.4, -0.2) is 10.2 Å². The molecule has 29 heavy (non-hydrogen) atoms. The van der Waals surface area contributed by atoms with Crippen molar-refractivity contribution < 1.29 is 10.2 Å². The van der Waals surface area contributed by atoms with E-state index in [1.807, 2.05) is 6.07 Å². The second kappa shape index (κ2) is 12.5. The number of aryl methyl sites for hydroxylation is 2. The highest BCUT2D eigenvalue weighted by Crippen LogP contribution is 2.31. The summed E-state index contributed by atoms with van der Waals surface area (Å²) < 4.78 is 0. The molecule has 2 nitrogen and oxygen atoms in total. The van der Waals surface area contributed by atoms with Crippen LogP contribution in [0.2, 0.25) is 0 Å². The average Bonchev–Trinajstić information content (AvgIpc) is 2.62. The van der Waals surface area contributed by atoms with Crippen molar-refractivity contribution in [2.45, 2.75) is 125 Å². The highest BCUT2D eigenvalue weighted by Gasteiger charge is 2.14. The van der Waals surface area contributed by atoms with Crippen LogP contribution in [0.3, 0.4) is 0 Å². The summed E-state index contributed by atoms with van der Waals surface area (Å²) in [7, 11) is 0. The van der Waals surface area contributed by atoms with Crippen molar-refractivity contribution in [1.29, 1.82) is 0 Å². The molecular formula is C27H48O2. The molecule has 0 unspecified atom stereocenters. The van der Waals surface area contributed by atoms with Gasteiger partial charge < -0.3 is 10.2 Å². The third kappa shape index (κ3) is 11.6. The number of hydrogen-bond donors (Lipinski definition) is 2. The Bertz CT molecular complexity index is 581. The highest BCUT2D eigenvalue weighted by atomic mass is 16.3. The van der Waals surface area contributed by atoms with E-state index in [1.54, 1.807) is 6.07 Å². The molecule has 1 aromatic rings. The first kappa shape index (κ1) is 25.9. The Morgan fingerprint density at radius 2 is 1.07 bits per heavy atom. The molecule has 168 valence electrons. The van der Waals surface area contributed by atoms with Gasteiger partial charge in [0, 0.05) is 6.07 Å². The van der Waals surface area contributed by atoms with Gasteiger partial charge in [0.15, 0.2) is 0 Å². The predicted octanol–water partition coefficient (Wildman–Crippen LogP) is 8.57. The van der Waals surface area contributed by atoms with E-state index in [4.69, 9.17) is 0 Å². The van der Waals surface area contributed by atoms with Crippen LogP contribution in [0.1, 0.15) is 123 Å². The van der Waals surface area contributed by atoms with Crippen molar-refractivity contribution >= 4 is 0 Å². The van der Waals surface area contributed by atoms with E-state index >= 15 is 0 Å². The van der Waals surface area contributed by atoms with Gasteiger partial charge in [-0.2, -0.15) is 0 Å². The molecule has 0 atom stereocenters. The normalized spacial score (nSPS) is 12.5. The van der Waals surface area contributed by atoms with Gasteiger partial charge in [0.25, 0.3) is 0 Å². The standard InChI is InChI=1S/C27H48O2/c1-7-27(5,6)19-15-11-9-13-17-23-20-22(24(28)21-25(23)29)16-12-8-10-14-18-26(2,3)4/h20-21,28-29H,7-19H2,1-6H3. The van der Waals surface area contributed by atoms with E-state index in [0.29, 0.717) is 10.8 Å². The Kier molecular flexibility index (Phi) is 11.1. The van der Waals surface area contributed by atoms with Crippen molar-refractivity contribution in [3.05, 3.63) is 23.3 Å². The summed E-state index contributed by atoms with van der Waals surface area (Å²) in [4.78, 5) is 0. The molecule has 0 spiro atoms. The lowest BCUT2D eigenvalue weighted by atomic mass is 9.84. The molecule has 1 rings (SSSR count). The number of phenols is 2. The minimum atomic E-state index is 0.253. The quantitative estimate of drug-likeness (QED) is 0.305. The third-order valence-electron chi connectivity index (χ3n) is 6.41. The molecule has 2 N–H and O–H groups in total. The third-order valence-corrected chi connectivity index (χ3v) is 6.41. The van der Waals surface area contributed by atoms with Gasteiger partial charge in [0.1, 0.15) is 11.5 Å². The molecule has 0 radical (unpaired) electrons. The molecular weight excluding hydrogens is 356 g/mol. The van der Waals surface area contributed by atoms with Crippen molar-refractivity contribution in [3.63, 3.8) is 0 Å². The first-order chi connectivity index (χ1) is 13.5. The van der Waals surface area contributed by atoms with Crippen LogP contribution >= 0.6 is 0 Å². The number of unbranched alkanes of at least 4 members (excludes halogenated alkanes) is 6. The Balaban J connectivity index is 2.35. The van der Waals surface area contributed by atoms with Crippen molar-refractivity contribution in [2.75, 3.05) is 0 Å². The van der Waals surface area contributed by atoms with Crippen LogP contribution in [0.5, 0.6) is 11.5 Å². The summed E-state index contributed by atoms with van der Waals surface area (Å²) in [6, 6.07) is 3.59. The largest absolute Gasteiger partial charge is 0.508 e. The second-order valence-corrected chi connectivity index (χ2v) is 11.0. The second-order valence-electron chi connectivity index (χ2n) is 11.0. The molecule has 0 fully saturated rings. The molecule has 0 aliphatic heterocycles. The minimum absolute atomic E-state index is 0.253.